The van der Waals surface area contributed by atoms with Crippen molar-refractivity contribution in [2.24, 2.45) is 11.1 Å². The lowest BCUT2D eigenvalue weighted by Crippen LogP contribution is -2.46. The monoisotopic (exact) mass is 557 g/mol. The van der Waals surface area contributed by atoms with Crippen LogP contribution in [-0.2, 0) is 11.4 Å². The molecule has 0 saturated carbocycles. The van der Waals surface area contributed by atoms with Gasteiger partial charge in [0.1, 0.15) is 24.1 Å². The van der Waals surface area contributed by atoms with Gasteiger partial charge in [0.15, 0.2) is 0 Å². The first-order valence-corrected chi connectivity index (χ1v) is 13.7. The van der Waals surface area contributed by atoms with Crippen LogP contribution in [0.1, 0.15) is 57.5 Å². The number of benzene rings is 2. The number of nitrogens with two attached hydrogens (primary N) is 1. The number of hydroxylamine groups is 2. The molecule has 0 unspecified atom stereocenters. The lowest BCUT2D eigenvalue weighted by atomic mass is 9.84. The minimum Gasteiger partial charge on any atom is -0.351 e. The number of carbonyl (C=O) groups excluding carboxylic acids is 1. The smallest absolute Gasteiger partial charge is 0.351 e. The Balaban J connectivity index is 1.81. The molecule has 0 aliphatic carbocycles. The molecule has 2 heterocycles. The second-order valence-corrected chi connectivity index (χ2v) is 11.4. The summed E-state index contributed by atoms with van der Waals surface area (Å²) in [5.41, 5.74) is 7.13. The molecule has 10 heteroatoms. The quantitative estimate of drug-likeness (QED) is 0.326. The molecule has 3 aromatic rings. The highest BCUT2D eigenvalue weighted by atomic mass is 19.1. The number of imidazole rings is 1. The molecule has 4 rings (SSSR count). The number of hydrogen-bond acceptors (Lipinski definition) is 5. The third-order valence-corrected chi connectivity index (χ3v) is 6.99. The standard InChI is InChI=1S/C30H38F3N5O2/c1-30(2,3)27(38(15-12-25(34)18-31)29(39)40-37-13-4-5-14-37)28-35-26(22-9-7-11-24(33)17-22)20-36(28)19-21-8-6-10-23(32)16-21/h6-11,16-17,20,25,27H,4-5,12-15,18-19,34H2,1-3H3/t25-,27+/m1/s1. The van der Waals surface area contributed by atoms with E-state index >= 15 is 0 Å². The summed E-state index contributed by atoms with van der Waals surface area (Å²) in [6.45, 7) is 6.91. The molecular formula is C30H38F3N5O2. The van der Waals surface area contributed by atoms with Crippen molar-refractivity contribution in [2.75, 3.05) is 26.3 Å². The van der Waals surface area contributed by atoms with Gasteiger partial charge in [0, 0.05) is 44.0 Å². The Morgan fingerprint density at radius 3 is 2.40 bits per heavy atom. The molecule has 0 radical (unpaired) electrons. The summed E-state index contributed by atoms with van der Waals surface area (Å²) < 4.78 is 43.4. The van der Waals surface area contributed by atoms with Crippen molar-refractivity contribution in [3.63, 3.8) is 0 Å². The van der Waals surface area contributed by atoms with Crippen molar-refractivity contribution in [1.29, 1.82) is 0 Å². The molecule has 0 bridgehead atoms. The van der Waals surface area contributed by atoms with Crippen LogP contribution in [0.2, 0.25) is 0 Å². The maximum absolute atomic E-state index is 14.1. The number of aromatic nitrogens is 2. The lowest BCUT2D eigenvalue weighted by molar-refractivity contribution is -0.104. The average molecular weight is 558 g/mol. The molecule has 1 amide bonds. The van der Waals surface area contributed by atoms with E-state index in [9.17, 15) is 18.0 Å². The third-order valence-electron chi connectivity index (χ3n) is 6.99. The average Bonchev–Trinajstić information content (AvgIpc) is 3.55. The van der Waals surface area contributed by atoms with E-state index in [1.54, 1.807) is 40.4 Å². The highest BCUT2D eigenvalue weighted by molar-refractivity contribution is 5.68. The van der Waals surface area contributed by atoms with Crippen LogP contribution in [0.15, 0.2) is 54.7 Å². The fourth-order valence-corrected chi connectivity index (χ4v) is 5.04. The number of carbonyl (C=O) groups is 1. The number of amides is 1. The molecular weight excluding hydrogens is 519 g/mol. The van der Waals surface area contributed by atoms with E-state index < -0.39 is 36.1 Å². The van der Waals surface area contributed by atoms with E-state index in [2.05, 4.69) is 0 Å². The molecule has 1 aliphatic heterocycles. The molecule has 7 nitrogen and oxygen atoms in total. The molecule has 2 aromatic carbocycles. The Morgan fingerprint density at radius 1 is 1.10 bits per heavy atom. The van der Waals surface area contributed by atoms with Gasteiger partial charge in [0.2, 0.25) is 0 Å². The van der Waals surface area contributed by atoms with Gasteiger partial charge in [-0.05, 0) is 54.5 Å². The van der Waals surface area contributed by atoms with Crippen molar-refractivity contribution in [2.45, 2.75) is 58.7 Å². The highest BCUT2D eigenvalue weighted by Gasteiger charge is 2.40. The highest BCUT2D eigenvalue weighted by Crippen LogP contribution is 2.40. The van der Waals surface area contributed by atoms with Crippen molar-refractivity contribution in [3.05, 3.63) is 77.8 Å². The summed E-state index contributed by atoms with van der Waals surface area (Å²) in [5.74, 6) is -0.252. The van der Waals surface area contributed by atoms with Gasteiger partial charge in [-0.1, -0.05) is 45.0 Å². The van der Waals surface area contributed by atoms with Gasteiger partial charge in [-0.2, -0.15) is 0 Å². The number of rotatable bonds is 10. The predicted molar refractivity (Wildman–Crippen MR) is 148 cm³/mol. The third kappa shape index (κ3) is 7.42. The van der Waals surface area contributed by atoms with Crippen LogP contribution in [0.5, 0.6) is 0 Å². The fraction of sp³-hybridized carbons (Fsp3) is 0.467. The second-order valence-electron chi connectivity index (χ2n) is 11.4. The Morgan fingerprint density at radius 2 is 1.77 bits per heavy atom. The number of halogens is 3. The summed E-state index contributed by atoms with van der Waals surface area (Å²) >= 11 is 0. The number of alkyl halides is 1. The van der Waals surface area contributed by atoms with Gasteiger partial charge in [-0.15, -0.1) is 5.06 Å². The summed E-state index contributed by atoms with van der Waals surface area (Å²) in [4.78, 5) is 25.9. The zero-order valence-electron chi connectivity index (χ0n) is 23.3. The van der Waals surface area contributed by atoms with Crippen molar-refractivity contribution >= 4 is 6.09 Å². The van der Waals surface area contributed by atoms with E-state index in [0.29, 0.717) is 35.7 Å². The first-order valence-electron chi connectivity index (χ1n) is 13.7. The molecule has 2 atom stereocenters. The minimum atomic E-state index is -0.738. The Bertz CT molecular complexity index is 1290. The van der Waals surface area contributed by atoms with Crippen LogP contribution in [0.25, 0.3) is 11.3 Å². The van der Waals surface area contributed by atoms with E-state index in [0.717, 1.165) is 12.8 Å². The van der Waals surface area contributed by atoms with Crippen LogP contribution in [-0.4, -0.2) is 58.0 Å². The van der Waals surface area contributed by atoms with Gasteiger partial charge in [-0.3, -0.25) is 4.90 Å². The van der Waals surface area contributed by atoms with Crippen LogP contribution in [0.4, 0.5) is 18.0 Å². The van der Waals surface area contributed by atoms with E-state index in [1.807, 2.05) is 25.3 Å². The van der Waals surface area contributed by atoms with Crippen LogP contribution >= 0.6 is 0 Å². The first-order chi connectivity index (χ1) is 19.0. The Kier molecular flexibility index (Phi) is 9.52. The molecule has 1 aromatic heterocycles. The van der Waals surface area contributed by atoms with Crippen molar-refractivity contribution in [1.82, 2.24) is 19.5 Å². The van der Waals surface area contributed by atoms with E-state index in [-0.39, 0.29) is 25.3 Å². The molecule has 1 aliphatic rings. The predicted octanol–water partition coefficient (Wildman–Crippen LogP) is 6.10. The molecule has 0 spiro atoms. The topological polar surface area (TPSA) is 76.6 Å². The van der Waals surface area contributed by atoms with Gasteiger partial charge in [0.05, 0.1) is 11.7 Å². The Labute approximate surface area is 233 Å². The van der Waals surface area contributed by atoms with Gasteiger partial charge in [-0.25, -0.2) is 22.9 Å². The maximum Gasteiger partial charge on any atom is 0.429 e. The number of hydrogen-bond donors (Lipinski definition) is 1. The normalized spacial score (nSPS) is 15.7. The van der Waals surface area contributed by atoms with Gasteiger partial charge in [0.25, 0.3) is 0 Å². The maximum atomic E-state index is 14.1. The van der Waals surface area contributed by atoms with E-state index in [4.69, 9.17) is 15.6 Å². The van der Waals surface area contributed by atoms with Crippen LogP contribution in [0, 0.1) is 17.0 Å². The minimum absolute atomic E-state index is 0.141. The van der Waals surface area contributed by atoms with Crippen LogP contribution < -0.4 is 5.73 Å². The summed E-state index contributed by atoms with van der Waals surface area (Å²) in [6, 6.07) is 11.0. The molecule has 216 valence electrons. The summed E-state index contributed by atoms with van der Waals surface area (Å²) in [5, 5.41) is 1.64. The Hall–Kier alpha value is -3.37. The van der Waals surface area contributed by atoms with E-state index in [1.165, 1.54) is 24.3 Å². The summed E-state index contributed by atoms with van der Waals surface area (Å²) in [7, 11) is 0. The SMILES string of the molecule is CC(C)(C)[C@H](c1nc(-c2cccc(F)c2)cn1Cc1cccc(F)c1)N(CC[C@@H](N)CF)C(=O)ON1CCCC1. The van der Waals surface area contributed by atoms with Gasteiger partial charge < -0.3 is 15.1 Å². The first kappa shape index (κ1) is 29.6. The molecule has 1 fully saturated rings. The van der Waals surface area contributed by atoms with Crippen molar-refractivity contribution in [3.8, 4) is 11.3 Å². The molecule has 2 N–H and O–H groups in total. The molecule has 1 saturated heterocycles. The zero-order valence-corrected chi connectivity index (χ0v) is 23.3. The molecule has 40 heavy (non-hydrogen) atoms. The number of nitrogens with zero attached hydrogens (tertiary/aromatic N) is 4. The van der Waals surface area contributed by atoms with Crippen LogP contribution in [0.3, 0.4) is 0 Å². The fourth-order valence-electron chi connectivity index (χ4n) is 5.04. The lowest BCUT2D eigenvalue weighted by Gasteiger charge is -2.40. The van der Waals surface area contributed by atoms with Crippen molar-refractivity contribution < 1.29 is 22.8 Å². The zero-order chi connectivity index (χ0) is 28.9. The van der Waals surface area contributed by atoms with Gasteiger partial charge >= 0.3 is 6.09 Å². The second kappa shape index (κ2) is 12.9. The summed E-state index contributed by atoms with van der Waals surface area (Å²) in [6.07, 6.45) is 3.29. The largest absolute Gasteiger partial charge is 0.429 e.